The Morgan fingerprint density at radius 1 is 0.585 bits per heavy atom. The number of rotatable bonds is 4. The molecule has 0 radical (unpaired) electrons. The molecule has 0 bridgehead atoms. The van der Waals surface area contributed by atoms with Crippen LogP contribution in [0.5, 0.6) is 0 Å². The highest BCUT2D eigenvalue weighted by Gasteiger charge is 2.37. The summed E-state index contributed by atoms with van der Waals surface area (Å²) in [5.41, 5.74) is 11.2. The highest BCUT2D eigenvalue weighted by molar-refractivity contribution is 6.08. The lowest BCUT2D eigenvalue weighted by atomic mass is 9.80. The molecule has 196 valence electrons. The molecule has 0 N–H and O–H groups in total. The Morgan fingerprint density at radius 3 is 1.90 bits per heavy atom. The van der Waals surface area contributed by atoms with Gasteiger partial charge in [0, 0.05) is 33.4 Å². The van der Waals surface area contributed by atoms with Crippen LogP contribution in [0.3, 0.4) is 0 Å². The largest absolute Gasteiger partial charge is 0.435 e. The highest BCUT2D eigenvalue weighted by Crippen LogP contribution is 2.53. The topological polar surface area (TPSA) is 29.3 Å². The maximum absolute atomic E-state index is 6.40. The van der Waals surface area contributed by atoms with E-state index >= 15 is 0 Å². The lowest BCUT2D eigenvalue weighted by Gasteiger charge is -2.27. The van der Waals surface area contributed by atoms with Crippen molar-refractivity contribution in [2.45, 2.75) is 19.3 Å². The summed E-state index contributed by atoms with van der Waals surface area (Å²) in [4.78, 5) is 7.15. The Bertz CT molecular complexity index is 2020. The number of hydrogen-bond donors (Lipinski definition) is 0. The monoisotopic (exact) mass is 528 g/mol. The smallest absolute Gasteiger partial charge is 0.227 e. The van der Waals surface area contributed by atoms with Gasteiger partial charge in [-0.15, -0.1) is 0 Å². The van der Waals surface area contributed by atoms with E-state index in [9.17, 15) is 0 Å². The lowest BCUT2D eigenvalue weighted by molar-refractivity contribution is 0.623. The van der Waals surface area contributed by atoms with E-state index < -0.39 is 0 Å². The molecule has 1 heterocycles. The third-order valence-electron chi connectivity index (χ3n) is 8.45. The molecular formula is C38H28N2O. The quantitative estimate of drug-likeness (QED) is 0.228. The minimum Gasteiger partial charge on any atom is -0.435 e. The molecule has 0 spiro atoms. The van der Waals surface area contributed by atoms with E-state index in [2.05, 4.69) is 122 Å². The Kier molecular flexibility index (Phi) is 5.17. The van der Waals surface area contributed by atoms with Gasteiger partial charge in [0.25, 0.3) is 0 Å². The second-order valence-corrected chi connectivity index (χ2v) is 11.2. The molecule has 0 saturated heterocycles. The van der Waals surface area contributed by atoms with Crippen LogP contribution in [0.25, 0.3) is 44.5 Å². The van der Waals surface area contributed by atoms with Crippen LogP contribution in [-0.2, 0) is 5.41 Å². The summed E-state index contributed by atoms with van der Waals surface area (Å²) in [5, 5.41) is 2.32. The molecule has 7 aromatic rings. The van der Waals surface area contributed by atoms with Gasteiger partial charge in [-0.05, 0) is 88.3 Å². The summed E-state index contributed by atoms with van der Waals surface area (Å²) in [6, 6.07) is 47.0. The van der Waals surface area contributed by atoms with Gasteiger partial charge in [0.05, 0.1) is 0 Å². The van der Waals surface area contributed by atoms with Crippen LogP contribution in [-0.4, -0.2) is 4.98 Å². The molecule has 1 aromatic heterocycles. The summed E-state index contributed by atoms with van der Waals surface area (Å²) in [7, 11) is 0. The molecule has 1 aliphatic carbocycles. The summed E-state index contributed by atoms with van der Waals surface area (Å²) < 4.78 is 6.40. The molecule has 0 atom stereocenters. The van der Waals surface area contributed by atoms with E-state index in [-0.39, 0.29) is 5.41 Å². The second-order valence-electron chi connectivity index (χ2n) is 11.2. The summed E-state index contributed by atoms with van der Waals surface area (Å²) >= 11 is 0. The first kappa shape index (κ1) is 23.7. The molecular weight excluding hydrogens is 500 g/mol. The Hall–Kier alpha value is -5.15. The summed E-state index contributed by atoms with van der Waals surface area (Å²) in [6.07, 6.45) is 0. The van der Waals surface area contributed by atoms with Gasteiger partial charge in [-0.2, -0.15) is 0 Å². The maximum atomic E-state index is 6.40. The molecule has 8 rings (SSSR count). The van der Waals surface area contributed by atoms with Crippen molar-refractivity contribution < 1.29 is 4.42 Å². The number of nitrogens with zero attached hydrogens (tertiary/aromatic N) is 2. The lowest BCUT2D eigenvalue weighted by Crippen LogP contribution is -2.16. The third kappa shape index (κ3) is 3.63. The van der Waals surface area contributed by atoms with Gasteiger partial charge in [0.1, 0.15) is 5.52 Å². The van der Waals surface area contributed by atoms with Crippen LogP contribution in [0.1, 0.15) is 25.0 Å². The van der Waals surface area contributed by atoms with Gasteiger partial charge >= 0.3 is 0 Å². The molecule has 0 fully saturated rings. The first-order valence-corrected chi connectivity index (χ1v) is 14.1. The van der Waals surface area contributed by atoms with E-state index in [0.29, 0.717) is 5.89 Å². The SMILES string of the molecule is CC1(C)c2ccc(N(c3ccccc3)c3ccccc3)cc2-c2ccc3c(ccc4nc(-c5ccccc5)oc43)c21. The zero-order valence-corrected chi connectivity index (χ0v) is 23.0. The van der Waals surface area contributed by atoms with Crippen molar-refractivity contribution in [1.29, 1.82) is 0 Å². The fourth-order valence-electron chi connectivity index (χ4n) is 6.57. The summed E-state index contributed by atoms with van der Waals surface area (Å²) in [5.74, 6) is 0.655. The first-order chi connectivity index (χ1) is 20.1. The van der Waals surface area contributed by atoms with Gasteiger partial charge < -0.3 is 9.32 Å². The predicted octanol–water partition coefficient (Wildman–Crippen LogP) is 10.4. The van der Waals surface area contributed by atoms with Gasteiger partial charge in [-0.25, -0.2) is 4.98 Å². The van der Waals surface area contributed by atoms with Crippen molar-refractivity contribution in [2.75, 3.05) is 4.90 Å². The molecule has 3 nitrogen and oxygen atoms in total. The van der Waals surface area contributed by atoms with Crippen molar-refractivity contribution in [3.8, 4) is 22.6 Å². The van der Waals surface area contributed by atoms with E-state index in [1.54, 1.807) is 0 Å². The fourth-order valence-corrected chi connectivity index (χ4v) is 6.57. The van der Waals surface area contributed by atoms with Crippen LogP contribution >= 0.6 is 0 Å². The highest BCUT2D eigenvalue weighted by atomic mass is 16.3. The van der Waals surface area contributed by atoms with Gasteiger partial charge in [-0.1, -0.05) is 86.6 Å². The van der Waals surface area contributed by atoms with E-state index in [0.717, 1.165) is 39.1 Å². The normalized spacial score (nSPS) is 13.3. The van der Waals surface area contributed by atoms with Crippen molar-refractivity contribution >= 4 is 38.9 Å². The maximum Gasteiger partial charge on any atom is 0.227 e. The molecule has 41 heavy (non-hydrogen) atoms. The van der Waals surface area contributed by atoms with Crippen molar-refractivity contribution in [3.05, 3.63) is 145 Å². The number of hydrogen-bond acceptors (Lipinski definition) is 3. The number of benzene rings is 6. The number of para-hydroxylation sites is 2. The van der Waals surface area contributed by atoms with Crippen molar-refractivity contribution in [3.63, 3.8) is 0 Å². The minimum absolute atomic E-state index is 0.164. The van der Waals surface area contributed by atoms with Crippen molar-refractivity contribution in [1.82, 2.24) is 4.98 Å². The fraction of sp³-hybridized carbons (Fsp3) is 0.0789. The van der Waals surface area contributed by atoms with E-state index in [1.165, 1.54) is 27.6 Å². The van der Waals surface area contributed by atoms with Gasteiger partial charge in [-0.3, -0.25) is 0 Å². The standard InChI is InChI=1S/C38H28N2O/c1-38(2)33-22-18-28(40(26-14-8-4-9-15-26)27-16-10-5-11-17-27)24-32(33)30-19-20-31-29(35(30)38)21-23-34-36(31)41-37(39-34)25-12-6-3-7-13-25/h3-24H,1-2H3. The molecule has 1 aliphatic rings. The number of fused-ring (bicyclic) bond motifs is 7. The van der Waals surface area contributed by atoms with Gasteiger partial charge in [0.15, 0.2) is 5.58 Å². The number of anilines is 3. The zero-order chi connectivity index (χ0) is 27.6. The Labute approximate surface area is 239 Å². The molecule has 0 saturated carbocycles. The molecule has 3 heteroatoms. The van der Waals surface area contributed by atoms with Gasteiger partial charge in [0.2, 0.25) is 5.89 Å². The minimum atomic E-state index is -0.164. The van der Waals surface area contributed by atoms with E-state index in [1.807, 2.05) is 30.3 Å². The first-order valence-electron chi connectivity index (χ1n) is 14.1. The predicted molar refractivity (Wildman–Crippen MR) is 169 cm³/mol. The average Bonchev–Trinajstić information content (AvgIpc) is 3.56. The average molecular weight is 529 g/mol. The Morgan fingerprint density at radius 2 is 1.22 bits per heavy atom. The van der Waals surface area contributed by atoms with Crippen LogP contribution in [0.2, 0.25) is 0 Å². The summed E-state index contributed by atoms with van der Waals surface area (Å²) in [6.45, 7) is 4.67. The molecule has 0 aliphatic heterocycles. The van der Waals surface area contributed by atoms with Crippen LogP contribution < -0.4 is 4.90 Å². The second kappa shape index (κ2) is 8.94. The number of aromatic nitrogens is 1. The molecule has 0 amide bonds. The van der Waals surface area contributed by atoms with Crippen molar-refractivity contribution in [2.24, 2.45) is 0 Å². The zero-order valence-electron chi connectivity index (χ0n) is 23.0. The number of oxazole rings is 1. The molecule has 0 unspecified atom stereocenters. The molecule has 6 aromatic carbocycles. The van der Waals surface area contributed by atoms with Crippen LogP contribution in [0, 0.1) is 0 Å². The Balaban J connectivity index is 1.31. The van der Waals surface area contributed by atoms with Crippen LogP contribution in [0.4, 0.5) is 17.1 Å². The van der Waals surface area contributed by atoms with Crippen LogP contribution in [0.15, 0.2) is 138 Å². The third-order valence-corrected chi connectivity index (χ3v) is 8.45. The van der Waals surface area contributed by atoms with E-state index in [4.69, 9.17) is 9.40 Å².